The molecule has 0 aliphatic rings. The summed E-state index contributed by atoms with van der Waals surface area (Å²) in [5.41, 5.74) is 6.19. The summed E-state index contributed by atoms with van der Waals surface area (Å²) in [6.45, 7) is 6.53. The molecule has 2 heteroatoms. The van der Waals surface area contributed by atoms with Crippen molar-refractivity contribution >= 4 is 0 Å². The van der Waals surface area contributed by atoms with Crippen LogP contribution in [-0.2, 0) is 0 Å². The van der Waals surface area contributed by atoms with Gasteiger partial charge in [-0.1, -0.05) is 20.8 Å². The van der Waals surface area contributed by atoms with Gasteiger partial charge in [-0.25, -0.2) is 0 Å². The Hall–Kier alpha value is -0.760. The maximum Gasteiger partial charge on any atom is 0.120 e. The van der Waals surface area contributed by atoms with Gasteiger partial charge in [0.2, 0.25) is 0 Å². The third-order valence-corrected chi connectivity index (χ3v) is 1.74. The fraction of sp³-hybridized carbons (Fsp3) is 0.600. The van der Waals surface area contributed by atoms with Crippen molar-refractivity contribution in [3.8, 4) is 0 Å². The fourth-order valence-electron chi connectivity index (χ4n) is 1.26. The van der Waals surface area contributed by atoms with E-state index >= 15 is 0 Å². The quantitative estimate of drug-likeness (QED) is 0.735. The molecular weight excluding hydrogens is 150 g/mol. The minimum absolute atomic E-state index is 0.0278. The summed E-state index contributed by atoms with van der Waals surface area (Å²) in [6.07, 6.45) is 2.61. The van der Waals surface area contributed by atoms with Gasteiger partial charge in [0.15, 0.2) is 0 Å². The zero-order valence-corrected chi connectivity index (χ0v) is 8.00. The normalized spacial score (nSPS) is 14.7. The summed E-state index contributed by atoms with van der Waals surface area (Å²) in [6, 6.07) is 3.83. The lowest BCUT2D eigenvalue weighted by molar-refractivity contribution is 0.317. The molecule has 0 aliphatic carbocycles. The molecule has 0 aliphatic heterocycles. The Labute approximate surface area is 73.8 Å². The average Bonchev–Trinajstić information content (AvgIpc) is 2.32. The molecule has 1 aromatic heterocycles. The van der Waals surface area contributed by atoms with Crippen LogP contribution in [0, 0.1) is 5.41 Å². The molecule has 0 spiro atoms. The predicted molar refractivity (Wildman–Crippen MR) is 49.7 cm³/mol. The van der Waals surface area contributed by atoms with Crippen LogP contribution in [0.25, 0.3) is 0 Å². The van der Waals surface area contributed by atoms with Gasteiger partial charge in [-0.2, -0.15) is 0 Å². The van der Waals surface area contributed by atoms with E-state index in [2.05, 4.69) is 20.8 Å². The van der Waals surface area contributed by atoms with E-state index < -0.39 is 0 Å². The zero-order chi connectivity index (χ0) is 9.19. The number of furan rings is 1. The summed E-state index contributed by atoms with van der Waals surface area (Å²) < 4.78 is 5.22. The topological polar surface area (TPSA) is 39.2 Å². The molecule has 0 amide bonds. The standard InChI is InChI=1S/C10H17NO/c1-10(2,3)7-8(11)9-5-4-6-12-9/h4-6,8H,7,11H2,1-3H3. The van der Waals surface area contributed by atoms with Crippen LogP contribution in [0.1, 0.15) is 39.0 Å². The maximum atomic E-state index is 5.93. The Bertz CT molecular complexity index is 220. The molecule has 2 N–H and O–H groups in total. The van der Waals surface area contributed by atoms with Crippen LogP contribution in [-0.4, -0.2) is 0 Å². The Kier molecular flexibility index (Phi) is 2.58. The van der Waals surface area contributed by atoms with Crippen LogP contribution in [0.4, 0.5) is 0 Å². The third-order valence-electron chi connectivity index (χ3n) is 1.74. The Morgan fingerprint density at radius 2 is 2.17 bits per heavy atom. The highest BCUT2D eigenvalue weighted by Crippen LogP contribution is 2.27. The molecule has 1 atom stereocenters. The van der Waals surface area contributed by atoms with Crippen LogP contribution < -0.4 is 5.73 Å². The van der Waals surface area contributed by atoms with Crippen molar-refractivity contribution < 1.29 is 4.42 Å². The van der Waals surface area contributed by atoms with E-state index in [0.29, 0.717) is 0 Å². The van der Waals surface area contributed by atoms with Crippen molar-refractivity contribution in [2.45, 2.75) is 33.2 Å². The third kappa shape index (κ3) is 2.70. The van der Waals surface area contributed by atoms with Crippen molar-refractivity contribution in [3.05, 3.63) is 24.2 Å². The Morgan fingerprint density at radius 3 is 2.58 bits per heavy atom. The number of hydrogen-bond donors (Lipinski definition) is 1. The molecule has 0 saturated heterocycles. The molecule has 2 nitrogen and oxygen atoms in total. The first kappa shape index (κ1) is 9.33. The number of nitrogens with two attached hydrogens (primary N) is 1. The molecule has 0 aromatic carbocycles. The molecule has 0 fully saturated rings. The van der Waals surface area contributed by atoms with Crippen molar-refractivity contribution in [2.24, 2.45) is 11.1 Å². The smallest absolute Gasteiger partial charge is 0.120 e. The molecule has 1 aromatic rings. The molecule has 0 saturated carbocycles. The lowest BCUT2D eigenvalue weighted by Gasteiger charge is -2.21. The highest BCUT2D eigenvalue weighted by Gasteiger charge is 2.18. The van der Waals surface area contributed by atoms with Crippen molar-refractivity contribution in [3.63, 3.8) is 0 Å². The van der Waals surface area contributed by atoms with Gasteiger partial charge < -0.3 is 10.2 Å². The van der Waals surface area contributed by atoms with Crippen LogP contribution in [0.15, 0.2) is 22.8 Å². The number of rotatable bonds is 2. The van der Waals surface area contributed by atoms with Gasteiger partial charge in [0.05, 0.1) is 12.3 Å². The molecule has 12 heavy (non-hydrogen) atoms. The molecule has 68 valence electrons. The SMILES string of the molecule is CC(C)(C)CC(N)c1ccco1. The van der Waals surface area contributed by atoms with Gasteiger partial charge in [-0.15, -0.1) is 0 Å². The second-order valence-corrected chi connectivity index (χ2v) is 4.39. The summed E-state index contributed by atoms with van der Waals surface area (Å²) in [7, 11) is 0. The molecule has 1 unspecified atom stereocenters. The van der Waals surface area contributed by atoms with Gasteiger partial charge in [0.1, 0.15) is 5.76 Å². The van der Waals surface area contributed by atoms with E-state index in [1.54, 1.807) is 6.26 Å². The first-order valence-corrected chi connectivity index (χ1v) is 4.28. The van der Waals surface area contributed by atoms with Gasteiger partial charge in [-0.05, 0) is 24.0 Å². The molecular formula is C10H17NO. The van der Waals surface area contributed by atoms with Crippen LogP contribution in [0.5, 0.6) is 0 Å². The minimum Gasteiger partial charge on any atom is -0.468 e. The lowest BCUT2D eigenvalue weighted by atomic mass is 9.88. The van der Waals surface area contributed by atoms with Gasteiger partial charge in [0.25, 0.3) is 0 Å². The maximum absolute atomic E-state index is 5.93. The Balaban J connectivity index is 2.56. The van der Waals surface area contributed by atoms with Crippen LogP contribution in [0.2, 0.25) is 0 Å². The second-order valence-electron chi connectivity index (χ2n) is 4.39. The van der Waals surface area contributed by atoms with Gasteiger partial charge in [0, 0.05) is 0 Å². The van der Waals surface area contributed by atoms with E-state index in [1.807, 2.05) is 12.1 Å². The van der Waals surface area contributed by atoms with E-state index in [0.717, 1.165) is 12.2 Å². The highest BCUT2D eigenvalue weighted by atomic mass is 16.3. The highest BCUT2D eigenvalue weighted by molar-refractivity contribution is 5.03. The minimum atomic E-state index is 0.0278. The van der Waals surface area contributed by atoms with Crippen molar-refractivity contribution in [1.29, 1.82) is 0 Å². The van der Waals surface area contributed by atoms with E-state index in [4.69, 9.17) is 10.2 Å². The summed E-state index contributed by atoms with van der Waals surface area (Å²) in [5.74, 6) is 0.880. The summed E-state index contributed by atoms with van der Waals surface area (Å²) >= 11 is 0. The van der Waals surface area contributed by atoms with Crippen LogP contribution >= 0.6 is 0 Å². The average molecular weight is 167 g/mol. The predicted octanol–water partition coefficient (Wildman–Crippen LogP) is 2.72. The molecule has 0 bridgehead atoms. The second kappa shape index (κ2) is 3.31. The molecule has 0 radical (unpaired) electrons. The fourth-order valence-corrected chi connectivity index (χ4v) is 1.26. The first-order valence-electron chi connectivity index (χ1n) is 4.28. The molecule has 1 heterocycles. The van der Waals surface area contributed by atoms with Crippen molar-refractivity contribution in [2.75, 3.05) is 0 Å². The monoisotopic (exact) mass is 167 g/mol. The zero-order valence-electron chi connectivity index (χ0n) is 8.00. The lowest BCUT2D eigenvalue weighted by Crippen LogP contribution is -2.18. The van der Waals surface area contributed by atoms with E-state index in [1.165, 1.54) is 0 Å². The van der Waals surface area contributed by atoms with E-state index in [-0.39, 0.29) is 11.5 Å². The molecule has 1 rings (SSSR count). The van der Waals surface area contributed by atoms with Crippen molar-refractivity contribution in [1.82, 2.24) is 0 Å². The Morgan fingerprint density at radius 1 is 1.50 bits per heavy atom. The first-order chi connectivity index (χ1) is 5.49. The van der Waals surface area contributed by atoms with Gasteiger partial charge in [-0.3, -0.25) is 0 Å². The van der Waals surface area contributed by atoms with Crippen LogP contribution in [0.3, 0.4) is 0 Å². The summed E-state index contributed by atoms with van der Waals surface area (Å²) in [4.78, 5) is 0. The largest absolute Gasteiger partial charge is 0.468 e. The van der Waals surface area contributed by atoms with Gasteiger partial charge >= 0.3 is 0 Å². The number of hydrogen-bond acceptors (Lipinski definition) is 2. The van der Waals surface area contributed by atoms with E-state index in [9.17, 15) is 0 Å². The summed E-state index contributed by atoms with van der Waals surface area (Å²) in [5, 5.41) is 0.